The van der Waals surface area contributed by atoms with Gasteiger partial charge in [0, 0.05) is 5.56 Å². The number of rotatable bonds is 6. The first-order chi connectivity index (χ1) is 9.97. The lowest BCUT2D eigenvalue weighted by atomic mass is 9.97. The molecule has 1 unspecified atom stereocenters. The molecule has 1 atom stereocenters. The molecule has 0 spiro atoms. The Morgan fingerprint density at radius 3 is 2.57 bits per heavy atom. The Balaban J connectivity index is 2.23. The van der Waals surface area contributed by atoms with Crippen molar-refractivity contribution < 1.29 is 14.3 Å². The second-order valence-electron chi connectivity index (χ2n) is 5.36. The Labute approximate surface area is 121 Å². The number of carboxylic acids is 1. The SMILES string of the molecule is CC(C)CC(Cn1nnnc1-c1ccc(F)cc1)C(=O)O. The summed E-state index contributed by atoms with van der Waals surface area (Å²) < 4.78 is 14.4. The quantitative estimate of drug-likeness (QED) is 0.883. The van der Waals surface area contributed by atoms with Crippen molar-refractivity contribution >= 4 is 5.97 Å². The third kappa shape index (κ3) is 3.84. The van der Waals surface area contributed by atoms with Crippen LogP contribution in [0.1, 0.15) is 20.3 Å². The van der Waals surface area contributed by atoms with Gasteiger partial charge in [-0.1, -0.05) is 13.8 Å². The third-order valence-corrected chi connectivity index (χ3v) is 3.13. The zero-order valence-corrected chi connectivity index (χ0v) is 11.9. The van der Waals surface area contributed by atoms with E-state index in [1.165, 1.54) is 16.8 Å². The Morgan fingerprint density at radius 1 is 1.33 bits per heavy atom. The van der Waals surface area contributed by atoms with E-state index in [0.29, 0.717) is 17.8 Å². The topological polar surface area (TPSA) is 80.9 Å². The van der Waals surface area contributed by atoms with Crippen LogP contribution in [-0.2, 0) is 11.3 Å². The molecule has 0 bridgehead atoms. The van der Waals surface area contributed by atoms with Gasteiger partial charge in [0.1, 0.15) is 5.82 Å². The maximum atomic E-state index is 13.0. The van der Waals surface area contributed by atoms with Gasteiger partial charge in [0.2, 0.25) is 0 Å². The lowest BCUT2D eigenvalue weighted by Gasteiger charge is -2.15. The molecule has 0 saturated carbocycles. The number of hydrogen-bond acceptors (Lipinski definition) is 4. The monoisotopic (exact) mass is 292 g/mol. The number of aromatic nitrogens is 4. The highest BCUT2D eigenvalue weighted by molar-refractivity contribution is 5.70. The smallest absolute Gasteiger partial charge is 0.308 e. The number of halogens is 1. The van der Waals surface area contributed by atoms with Crippen LogP contribution in [0.15, 0.2) is 24.3 Å². The minimum atomic E-state index is -0.871. The van der Waals surface area contributed by atoms with E-state index < -0.39 is 11.9 Å². The van der Waals surface area contributed by atoms with E-state index >= 15 is 0 Å². The van der Waals surface area contributed by atoms with Crippen LogP contribution in [0.5, 0.6) is 0 Å². The molecule has 0 aliphatic carbocycles. The second kappa shape index (κ2) is 6.43. The van der Waals surface area contributed by atoms with Crippen molar-refractivity contribution in [3.8, 4) is 11.4 Å². The van der Waals surface area contributed by atoms with Crippen molar-refractivity contribution in [3.05, 3.63) is 30.1 Å². The van der Waals surface area contributed by atoms with Crippen molar-refractivity contribution in [2.45, 2.75) is 26.8 Å². The second-order valence-corrected chi connectivity index (χ2v) is 5.36. The maximum Gasteiger partial charge on any atom is 0.308 e. The van der Waals surface area contributed by atoms with Crippen LogP contribution >= 0.6 is 0 Å². The Morgan fingerprint density at radius 2 is 2.00 bits per heavy atom. The third-order valence-electron chi connectivity index (χ3n) is 3.13. The van der Waals surface area contributed by atoms with Crippen LogP contribution in [0.25, 0.3) is 11.4 Å². The molecular weight excluding hydrogens is 275 g/mol. The molecule has 2 rings (SSSR count). The van der Waals surface area contributed by atoms with Crippen molar-refractivity contribution in [3.63, 3.8) is 0 Å². The minimum absolute atomic E-state index is 0.188. The van der Waals surface area contributed by atoms with Gasteiger partial charge in [-0.15, -0.1) is 5.10 Å². The molecule has 2 aromatic rings. The van der Waals surface area contributed by atoms with Crippen LogP contribution in [-0.4, -0.2) is 31.3 Å². The average Bonchev–Trinajstić information content (AvgIpc) is 2.86. The number of aliphatic carboxylic acids is 1. The predicted molar refractivity (Wildman–Crippen MR) is 73.8 cm³/mol. The number of nitrogens with zero attached hydrogens (tertiary/aromatic N) is 4. The number of carbonyl (C=O) groups is 1. The number of carboxylic acid groups (broad SMARTS) is 1. The molecule has 0 saturated heterocycles. The summed E-state index contributed by atoms with van der Waals surface area (Å²) in [7, 11) is 0. The fourth-order valence-corrected chi connectivity index (χ4v) is 2.16. The van der Waals surface area contributed by atoms with E-state index in [4.69, 9.17) is 0 Å². The van der Waals surface area contributed by atoms with Gasteiger partial charge in [0.05, 0.1) is 12.5 Å². The number of tetrazole rings is 1. The summed E-state index contributed by atoms with van der Waals surface area (Å²) in [5, 5.41) is 20.6. The van der Waals surface area contributed by atoms with Gasteiger partial charge in [-0.2, -0.15) is 0 Å². The molecule has 0 fully saturated rings. The van der Waals surface area contributed by atoms with E-state index in [9.17, 15) is 14.3 Å². The molecule has 6 nitrogen and oxygen atoms in total. The molecule has 1 aromatic carbocycles. The van der Waals surface area contributed by atoms with E-state index in [1.807, 2.05) is 13.8 Å². The first-order valence-corrected chi connectivity index (χ1v) is 6.72. The van der Waals surface area contributed by atoms with Crippen LogP contribution in [0, 0.1) is 17.7 Å². The normalized spacial score (nSPS) is 12.6. The van der Waals surface area contributed by atoms with E-state index in [2.05, 4.69) is 15.5 Å². The molecule has 21 heavy (non-hydrogen) atoms. The molecule has 7 heteroatoms. The van der Waals surface area contributed by atoms with Crippen LogP contribution in [0.2, 0.25) is 0 Å². The molecule has 0 amide bonds. The van der Waals surface area contributed by atoms with E-state index in [0.717, 1.165) is 0 Å². The van der Waals surface area contributed by atoms with Gasteiger partial charge in [-0.25, -0.2) is 9.07 Å². The fraction of sp³-hybridized carbons (Fsp3) is 0.429. The van der Waals surface area contributed by atoms with Crippen LogP contribution in [0.4, 0.5) is 4.39 Å². The molecule has 1 heterocycles. The summed E-state index contributed by atoms with van der Waals surface area (Å²) in [5.41, 5.74) is 0.648. The fourth-order valence-electron chi connectivity index (χ4n) is 2.16. The van der Waals surface area contributed by atoms with Gasteiger partial charge in [0.25, 0.3) is 0 Å². The van der Waals surface area contributed by atoms with Gasteiger partial charge in [0.15, 0.2) is 5.82 Å². The highest BCUT2D eigenvalue weighted by Crippen LogP contribution is 2.19. The highest BCUT2D eigenvalue weighted by atomic mass is 19.1. The summed E-state index contributed by atoms with van der Waals surface area (Å²) in [6.45, 7) is 4.13. The largest absolute Gasteiger partial charge is 0.481 e. The molecular formula is C14H17FN4O2. The molecule has 0 radical (unpaired) electrons. The summed E-state index contributed by atoms with van der Waals surface area (Å²) in [4.78, 5) is 11.3. The zero-order valence-electron chi connectivity index (χ0n) is 11.9. The van der Waals surface area contributed by atoms with E-state index in [-0.39, 0.29) is 18.3 Å². The highest BCUT2D eigenvalue weighted by Gasteiger charge is 2.22. The number of hydrogen-bond donors (Lipinski definition) is 1. The first-order valence-electron chi connectivity index (χ1n) is 6.72. The van der Waals surface area contributed by atoms with Crippen molar-refractivity contribution in [2.24, 2.45) is 11.8 Å². The molecule has 0 aliphatic heterocycles. The lowest BCUT2D eigenvalue weighted by Crippen LogP contribution is -2.23. The molecule has 0 aliphatic rings. The molecule has 1 N–H and O–H groups in total. The van der Waals surface area contributed by atoms with Crippen molar-refractivity contribution in [2.75, 3.05) is 0 Å². The summed E-state index contributed by atoms with van der Waals surface area (Å²) >= 11 is 0. The summed E-state index contributed by atoms with van der Waals surface area (Å²) in [6.07, 6.45) is 0.540. The number of benzene rings is 1. The van der Waals surface area contributed by atoms with Gasteiger partial charge in [-0.05, 0) is 47.0 Å². The van der Waals surface area contributed by atoms with Crippen molar-refractivity contribution in [1.82, 2.24) is 20.2 Å². The Bertz CT molecular complexity index is 610. The van der Waals surface area contributed by atoms with Gasteiger partial charge in [-0.3, -0.25) is 4.79 Å². The molecule has 1 aromatic heterocycles. The van der Waals surface area contributed by atoms with Crippen molar-refractivity contribution in [1.29, 1.82) is 0 Å². The zero-order chi connectivity index (χ0) is 15.4. The Kier molecular flexibility index (Phi) is 4.62. The lowest BCUT2D eigenvalue weighted by molar-refractivity contribution is -0.142. The van der Waals surface area contributed by atoms with Gasteiger partial charge < -0.3 is 5.11 Å². The minimum Gasteiger partial charge on any atom is -0.481 e. The van der Waals surface area contributed by atoms with E-state index in [1.54, 1.807) is 12.1 Å². The van der Waals surface area contributed by atoms with Crippen LogP contribution < -0.4 is 0 Å². The predicted octanol–water partition coefficient (Wildman–Crippen LogP) is 2.23. The molecule has 112 valence electrons. The van der Waals surface area contributed by atoms with Crippen LogP contribution in [0.3, 0.4) is 0 Å². The Hall–Kier alpha value is -2.31. The standard InChI is InChI=1S/C14H17FN4O2/c1-9(2)7-11(14(20)21)8-19-13(16-17-18-19)10-3-5-12(15)6-4-10/h3-6,9,11H,7-8H2,1-2H3,(H,20,21). The first kappa shape index (κ1) is 15.1. The average molecular weight is 292 g/mol. The summed E-state index contributed by atoms with van der Waals surface area (Å²) in [5.74, 6) is -1.08. The maximum absolute atomic E-state index is 13.0. The summed E-state index contributed by atoms with van der Waals surface area (Å²) in [6, 6.07) is 5.76. The van der Waals surface area contributed by atoms with Gasteiger partial charge >= 0.3 is 5.97 Å².